The van der Waals surface area contributed by atoms with Gasteiger partial charge in [0.05, 0.1) is 13.2 Å². The molecule has 0 atom stereocenters. The normalized spacial score (nSPS) is 12.9. The molecule has 0 heterocycles. The SMILES string of the molecule is CO[Si](C)(C)CCCOCCOCCC[Si](C)(C)OC. The van der Waals surface area contributed by atoms with Crippen LogP contribution >= 0.6 is 0 Å². The molecule has 0 saturated carbocycles. The predicted molar refractivity (Wildman–Crippen MR) is 89.5 cm³/mol. The van der Waals surface area contributed by atoms with Gasteiger partial charge in [-0.05, 0) is 51.1 Å². The van der Waals surface area contributed by atoms with Crippen LogP contribution < -0.4 is 0 Å². The van der Waals surface area contributed by atoms with Crippen LogP contribution in [0.25, 0.3) is 0 Å². The Kier molecular flexibility index (Phi) is 11.1. The second-order valence-corrected chi connectivity index (χ2v) is 15.2. The molecule has 0 saturated heterocycles. The lowest BCUT2D eigenvalue weighted by molar-refractivity contribution is 0.0477. The summed E-state index contributed by atoms with van der Waals surface area (Å²) in [5, 5.41) is 0. The number of rotatable bonds is 13. The molecule has 0 unspecified atom stereocenters. The van der Waals surface area contributed by atoms with E-state index in [1.54, 1.807) is 0 Å². The molecule has 6 heteroatoms. The maximum Gasteiger partial charge on any atom is 0.186 e. The average molecular weight is 323 g/mol. The Morgan fingerprint density at radius 1 is 0.600 bits per heavy atom. The first-order valence-corrected chi connectivity index (χ1v) is 13.8. The largest absolute Gasteiger partial charge is 0.420 e. The van der Waals surface area contributed by atoms with Crippen molar-refractivity contribution in [2.24, 2.45) is 0 Å². The molecule has 0 rings (SSSR count). The van der Waals surface area contributed by atoms with E-state index in [0.717, 1.165) is 38.1 Å². The van der Waals surface area contributed by atoms with Crippen molar-refractivity contribution in [1.29, 1.82) is 0 Å². The molecule has 0 N–H and O–H groups in total. The Bertz CT molecular complexity index is 211. The summed E-state index contributed by atoms with van der Waals surface area (Å²) in [5.74, 6) is 0. The zero-order valence-corrected chi connectivity index (χ0v) is 16.3. The standard InChI is InChI=1S/C14H34O4Si2/c1-15-19(3,4)13-7-9-17-11-12-18-10-8-14-20(5,6)16-2/h7-14H2,1-6H3. The van der Waals surface area contributed by atoms with E-state index in [1.807, 2.05) is 14.2 Å². The summed E-state index contributed by atoms with van der Waals surface area (Å²) >= 11 is 0. The van der Waals surface area contributed by atoms with Crippen molar-refractivity contribution in [3.05, 3.63) is 0 Å². The highest BCUT2D eigenvalue weighted by atomic mass is 28.4. The average Bonchev–Trinajstić information content (AvgIpc) is 2.41. The quantitative estimate of drug-likeness (QED) is 0.384. The summed E-state index contributed by atoms with van der Waals surface area (Å²) in [7, 11) is 0.820. The zero-order chi connectivity index (χ0) is 15.5. The molecule has 0 amide bonds. The maximum atomic E-state index is 5.57. The van der Waals surface area contributed by atoms with E-state index in [2.05, 4.69) is 26.2 Å². The molecule has 0 fully saturated rings. The minimum absolute atomic E-state index is 0.695. The minimum Gasteiger partial charge on any atom is -0.420 e. The summed E-state index contributed by atoms with van der Waals surface area (Å²) in [6.07, 6.45) is 2.17. The van der Waals surface area contributed by atoms with Crippen molar-refractivity contribution in [2.45, 2.75) is 51.1 Å². The van der Waals surface area contributed by atoms with Gasteiger partial charge in [-0.2, -0.15) is 0 Å². The summed E-state index contributed by atoms with van der Waals surface area (Å²) in [4.78, 5) is 0. The van der Waals surface area contributed by atoms with Gasteiger partial charge in [-0.1, -0.05) is 0 Å². The smallest absolute Gasteiger partial charge is 0.186 e. The zero-order valence-electron chi connectivity index (χ0n) is 14.3. The second-order valence-electron chi connectivity index (χ2n) is 6.36. The predicted octanol–water partition coefficient (Wildman–Crippen LogP) is 3.50. The lowest BCUT2D eigenvalue weighted by Gasteiger charge is -2.19. The number of hydrogen-bond donors (Lipinski definition) is 0. The molecule has 0 aliphatic carbocycles. The molecule has 0 aliphatic rings. The van der Waals surface area contributed by atoms with Gasteiger partial charge in [-0.3, -0.25) is 0 Å². The molecular weight excluding hydrogens is 288 g/mol. The van der Waals surface area contributed by atoms with Crippen LogP contribution in [0, 0.1) is 0 Å². The third-order valence-electron chi connectivity index (χ3n) is 3.61. The molecule has 0 aromatic heterocycles. The van der Waals surface area contributed by atoms with Crippen molar-refractivity contribution < 1.29 is 18.3 Å². The van der Waals surface area contributed by atoms with Crippen LogP contribution in [-0.4, -0.2) is 57.3 Å². The topological polar surface area (TPSA) is 36.9 Å². The number of ether oxygens (including phenoxy) is 2. The highest BCUT2D eigenvalue weighted by Crippen LogP contribution is 2.13. The third-order valence-corrected chi connectivity index (χ3v) is 8.94. The van der Waals surface area contributed by atoms with E-state index in [9.17, 15) is 0 Å². The number of hydrogen-bond acceptors (Lipinski definition) is 4. The Hall–Kier alpha value is 0.274. The van der Waals surface area contributed by atoms with Gasteiger partial charge in [-0.25, -0.2) is 0 Å². The van der Waals surface area contributed by atoms with Crippen LogP contribution in [-0.2, 0) is 18.3 Å². The maximum absolute atomic E-state index is 5.57. The Morgan fingerprint density at radius 3 is 1.25 bits per heavy atom. The monoisotopic (exact) mass is 322 g/mol. The third kappa shape index (κ3) is 12.0. The molecule has 0 aromatic rings. The fraction of sp³-hybridized carbons (Fsp3) is 1.00. The second kappa shape index (κ2) is 10.9. The van der Waals surface area contributed by atoms with Crippen molar-refractivity contribution in [1.82, 2.24) is 0 Å². The van der Waals surface area contributed by atoms with Crippen LogP contribution in [0.5, 0.6) is 0 Å². The highest BCUT2D eigenvalue weighted by molar-refractivity contribution is 6.71. The first kappa shape index (κ1) is 20.3. The molecule has 0 bridgehead atoms. The molecule has 4 nitrogen and oxygen atoms in total. The molecule has 0 aromatic carbocycles. The van der Waals surface area contributed by atoms with Gasteiger partial charge in [0, 0.05) is 27.4 Å². The van der Waals surface area contributed by atoms with Crippen molar-refractivity contribution in [3.8, 4) is 0 Å². The molecule has 0 spiro atoms. The van der Waals surface area contributed by atoms with E-state index in [-0.39, 0.29) is 0 Å². The summed E-state index contributed by atoms with van der Waals surface area (Å²) in [6.45, 7) is 12.0. The molecule has 0 radical (unpaired) electrons. The van der Waals surface area contributed by atoms with Gasteiger partial charge in [0.15, 0.2) is 16.6 Å². The van der Waals surface area contributed by atoms with Crippen molar-refractivity contribution >= 4 is 16.6 Å². The van der Waals surface area contributed by atoms with Crippen LogP contribution in [0.1, 0.15) is 12.8 Å². The van der Waals surface area contributed by atoms with E-state index in [0.29, 0.717) is 13.2 Å². The Morgan fingerprint density at radius 2 is 0.950 bits per heavy atom. The van der Waals surface area contributed by atoms with E-state index < -0.39 is 16.6 Å². The van der Waals surface area contributed by atoms with Gasteiger partial charge >= 0.3 is 0 Å². The fourth-order valence-corrected chi connectivity index (χ4v) is 4.13. The van der Waals surface area contributed by atoms with Gasteiger partial charge < -0.3 is 18.3 Å². The van der Waals surface area contributed by atoms with Crippen LogP contribution in [0.3, 0.4) is 0 Å². The lowest BCUT2D eigenvalue weighted by Crippen LogP contribution is -2.28. The van der Waals surface area contributed by atoms with Crippen LogP contribution in [0.15, 0.2) is 0 Å². The lowest BCUT2D eigenvalue weighted by atomic mass is 10.5. The highest BCUT2D eigenvalue weighted by Gasteiger charge is 2.20. The van der Waals surface area contributed by atoms with Gasteiger partial charge in [0.1, 0.15) is 0 Å². The summed E-state index contributed by atoms with van der Waals surface area (Å²) < 4.78 is 22.1. The Labute approximate surface area is 127 Å². The fourth-order valence-electron chi connectivity index (χ4n) is 1.73. The molecule has 122 valence electrons. The van der Waals surface area contributed by atoms with Gasteiger partial charge in [-0.15, -0.1) is 0 Å². The molecular formula is C14H34O4Si2. The minimum atomic E-state index is -1.40. The summed E-state index contributed by atoms with van der Waals surface area (Å²) in [6, 6.07) is 2.31. The van der Waals surface area contributed by atoms with E-state index in [1.165, 1.54) is 0 Å². The van der Waals surface area contributed by atoms with Crippen molar-refractivity contribution in [3.63, 3.8) is 0 Å². The first-order chi connectivity index (χ1) is 9.33. The van der Waals surface area contributed by atoms with Crippen LogP contribution in [0.4, 0.5) is 0 Å². The Balaban J connectivity index is 3.26. The van der Waals surface area contributed by atoms with Gasteiger partial charge in [0.25, 0.3) is 0 Å². The molecule has 20 heavy (non-hydrogen) atoms. The van der Waals surface area contributed by atoms with E-state index >= 15 is 0 Å². The van der Waals surface area contributed by atoms with Crippen molar-refractivity contribution in [2.75, 3.05) is 40.6 Å². The van der Waals surface area contributed by atoms with Gasteiger partial charge in [0.2, 0.25) is 0 Å². The summed E-state index contributed by atoms with van der Waals surface area (Å²) in [5.41, 5.74) is 0. The first-order valence-electron chi connectivity index (χ1n) is 7.59. The van der Waals surface area contributed by atoms with Crippen LogP contribution in [0.2, 0.25) is 38.3 Å². The van der Waals surface area contributed by atoms with E-state index in [4.69, 9.17) is 18.3 Å². The molecule has 0 aliphatic heterocycles.